The quantitative estimate of drug-likeness (QED) is 0.560. The highest BCUT2D eigenvalue weighted by Crippen LogP contribution is 2.37. The molecule has 0 fully saturated rings. The molecule has 0 aliphatic heterocycles. The van der Waals surface area contributed by atoms with Gasteiger partial charge in [-0.25, -0.2) is 0 Å². The van der Waals surface area contributed by atoms with Crippen LogP contribution in [-0.2, 0) is 5.54 Å². The smallest absolute Gasteiger partial charge is 0.0945 e. The third-order valence-corrected chi connectivity index (χ3v) is 3.87. The summed E-state index contributed by atoms with van der Waals surface area (Å²) in [5.74, 6) is 0. The average molecular weight is 350 g/mol. The highest BCUT2D eigenvalue weighted by molar-refractivity contribution is 5.52. The van der Waals surface area contributed by atoms with Gasteiger partial charge in [-0.2, -0.15) is 0 Å². The molecule has 1 N–H and O–H groups in total. The van der Waals surface area contributed by atoms with E-state index >= 15 is 0 Å². The van der Waals surface area contributed by atoms with Crippen molar-refractivity contribution >= 4 is 0 Å². The van der Waals surface area contributed by atoms with Crippen molar-refractivity contribution in [3.8, 4) is 0 Å². The molecule has 0 aliphatic carbocycles. The number of benzene rings is 2. The first-order chi connectivity index (χ1) is 12.8. The summed E-state index contributed by atoms with van der Waals surface area (Å²) in [6.07, 6.45) is 8.11. The molecule has 1 nitrogen and oxygen atoms in total. The Morgan fingerprint density at radius 2 is 1.27 bits per heavy atom. The van der Waals surface area contributed by atoms with Gasteiger partial charge in [0.05, 0.1) is 5.54 Å². The number of hydrogen-bond donors (Lipinski definition) is 1. The van der Waals surface area contributed by atoms with Crippen molar-refractivity contribution in [3.05, 3.63) is 108 Å². The lowest BCUT2D eigenvalue weighted by Gasteiger charge is -2.36. The fraction of sp³-hybridized carbons (Fsp3) is 0.280. The monoisotopic (exact) mass is 349 g/mol. The molecule has 2 aromatic rings. The fourth-order valence-electron chi connectivity index (χ4n) is 2.92. The lowest BCUT2D eigenvalue weighted by Crippen LogP contribution is -2.42. The summed E-state index contributed by atoms with van der Waals surface area (Å²) >= 11 is 0. The van der Waals surface area contributed by atoms with Crippen molar-refractivity contribution in [3.63, 3.8) is 0 Å². The zero-order chi connectivity index (χ0) is 19.8. The van der Waals surface area contributed by atoms with Gasteiger partial charge in [0, 0.05) is 0 Å². The zero-order valence-electron chi connectivity index (χ0n) is 17.3. The van der Waals surface area contributed by atoms with E-state index in [0.29, 0.717) is 0 Å². The second kappa shape index (κ2) is 13.9. The van der Waals surface area contributed by atoms with E-state index in [-0.39, 0.29) is 0 Å². The molecule has 0 saturated heterocycles. The molecule has 26 heavy (non-hydrogen) atoms. The zero-order valence-corrected chi connectivity index (χ0v) is 17.3. The molecular formula is C25H35N. The second-order valence-electron chi connectivity index (χ2n) is 5.09. The van der Waals surface area contributed by atoms with Crippen molar-refractivity contribution in [1.82, 2.24) is 5.32 Å². The molecule has 0 aromatic heterocycles. The van der Waals surface area contributed by atoms with Gasteiger partial charge in [0.25, 0.3) is 0 Å². The molecule has 0 spiro atoms. The summed E-state index contributed by atoms with van der Waals surface area (Å²) in [5, 5.41) is 3.55. The minimum atomic E-state index is -0.400. The van der Waals surface area contributed by atoms with E-state index < -0.39 is 5.54 Å². The molecule has 1 heteroatoms. The molecule has 0 radical (unpaired) electrons. The molecule has 2 aromatic carbocycles. The first-order valence-electron chi connectivity index (χ1n) is 9.55. The molecule has 0 amide bonds. The van der Waals surface area contributed by atoms with Crippen molar-refractivity contribution in [2.24, 2.45) is 0 Å². The molecule has 0 aliphatic rings. The summed E-state index contributed by atoms with van der Waals surface area (Å²) in [7, 11) is 2.00. The van der Waals surface area contributed by atoms with Gasteiger partial charge in [0.2, 0.25) is 0 Å². The molecule has 2 rings (SSSR count). The second-order valence-corrected chi connectivity index (χ2v) is 5.09. The normalized spacial score (nSPS) is 11.1. The van der Waals surface area contributed by atoms with E-state index in [1.54, 1.807) is 0 Å². The Balaban J connectivity index is 0.00000146. The highest BCUT2D eigenvalue weighted by atomic mass is 14.9. The van der Waals surface area contributed by atoms with E-state index in [1.807, 2.05) is 59.9 Å². The molecule has 0 atom stereocenters. The van der Waals surface area contributed by atoms with Crippen molar-refractivity contribution in [1.29, 1.82) is 0 Å². The van der Waals surface area contributed by atoms with Crippen molar-refractivity contribution in [2.75, 3.05) is 7.05 Å². The molecule has 0 heterocycles. The van der Waals surface area contributed by atoms with Gasteiger partial charge in [-0.3, -0.25) is 0 Å². The predicted octanol–water partition coefficient (Wildman–Crippen LogP) is 6.89. The third-order valence-electron chi connectivity index (χ3n) is 3.87. The maximum absolute atomic E-state index is 3.88. The van der Waals surface area contributed by atoms with E-state index in [2.05, 4.69) is 78.7 Å². The van der Waals surface area contributed by atoms with Gasteiger partial charge in [-0.1, -0.05) is 119 Å². The Kier molecular flexibility index (Phi) is 12.6. The first kappa shape index (κ1) is 23.6. The summed E-state index contributed by atoms with van der Waals surface area (Å²) in [5.41, 5.74) is 3.16. The largest absolute Gasteiger partial charge is 0.303 e. The van der Waals surface area contributed by atoms with Gasteiger partial charge in [0.1, 0.15) is 0 Å². The molecule has 0 bridgehead atoms. The van der Waals surface area contributed by atoms with Crippen LogP contribution in [0.5, 0.6) is 0 Å². The third kappa shape index (κ3) is 5.57. The maximum atomic E-state index is 3.88. The van der Waals surface area contributed by atoms with Crippen LogP contribution >= 0.6 is 0 Å². The maximum Gasteiger partial charge on any atom is 0.0945 e. The Labute approximate surface area is 161 Å². The van der Waals surface area contributed by atoms with Crippen LogP contribution in [-0.4, -0.2) is 7.05 Å². The summed E-state index contributed by atoms with van der Waals surface area (Å²) in [6, 6.07) is 21.0. The van der Waals surface area contributed by atoms with Gasteiger partial charge >= 0.3 is 0 Å². The number of hydrogen-bond acceptors (Lipinski definition) is 1. The topological polar surface area (TPSA) is 12.0 Å². The van der Waals surface area contributed by atoms with Crippen LogP contribution in [0.15, 0.2) is 97.1 Å². The van der Waals surface area contributed by atoms with Crippen LogP contribution in [0, 0.1) is 0 Å². The van der Waals surface area contributed by atoms with Crippen molar-refractivity contribution < 1.29 is 0 Å². The van der Waals surface area contributed by atoms with Gasteiger partial charge in [-0.05, 0) is 30.7 Å². The number of allylic oxidation sites excluding steroid dienone is 3. The standard InChI is InChI=1S/C21H23N.2C2H6/c1-4-12-18(13-5-2)21(22-3,19-14-8-6-9-15-19)20-16-10-7-11-17-20;2*1-2/h4-17,22H,1H2,2-3H3;2*1-2H3/b13-5-,18-12+;;. The average Bonchev–Trinajstić information content (AvgIpc) is 2.74. The summed E-state index contributed by atoms with van der Waals surface area (Å²) < 4.78 is 0. The number of likely N-dealkylation sites (N-methyl/N-ethyl adjacent to an activating group) is 1. The molecular weight excluding hydrogens is 314 g/mol. The SMILES string of the molecule is C=C/C=C(\C=C/C)C(NC)(c1ccccc1)c1ccccc1.CC.CC. The minimum Gasteiger partial charge on any atom is -0.303 e. The van der Waals surface area contributed by atoms with Crippen LogP contribution in [0.3, 0.4) is 0 Å². The van der Waals surface area contributed by atoms with Gasteiger partial charge in [-0.15, -0.1) is 0 Å². The predicted molar refractivity (Wildman–Crippen MR) is 119 cm³/mol. The van der Waals surface area contributed by atoms with E-state index in [4.69, 9.17) is 0 Å². The minimum absolute atomic E-state index is 0.400. The fourth-order valence-corrected chi connectivity index (χ4v) is 2.92. The lowest BCUT2D eigenvalue weighted by molar-refractivity contribution is 0.524. The Bertz CT molecular complexity index is 612. The van der Waals surface area contributed by atoms with Crippen LogP contribution < -0.4 is 5.32 Å². The Morgan fingerprint density at radius 1 is 0.846 bits per heavy atom. The first-order valence-corrected chi connectivity index (χ1v) is 9.55. The Morgan fingerprint density at radius 3 is 1.58 bits per heavy atom. The van der Waals surface area contributed by atoms with E-state index in [9.17, 15) is 0 Å². The summed E-state index contributed by atoms with van der Waals surface area (Å²) in [4.78, 5) is 0. The van der Waals surface area contributed by atoms with Crippen LogP contribution in [0.4, 0.5) is 0 Å². The van der Waals surface area contributed by atoms with Gasteiger partial charge < -0.3 is 5.32 Å². The van der Waals surface area contributed by atoms with E-state index in [1.165, 1.54) is 11.1 Å². The van der Waals surface area contributed by atoms with Crippen LogP contribution in [0.1, 0.15) is 45.7 Å². The summed E-state index contributed by atoms with van der Waals surface area (Å²) in [6.45, 7) is 13.9. The van der Waals surface area contributed by atoms with Crippen LogP contribution in [0.25, 0.3) is 0 Å². The highest BCUT2D eigenvalue weighted by Gasteiger charge is 2.34. The molecule has 0 saturated carbocycles. The molecule has 140 valence electrons. The number of rotatable bonds is 6. The van der Waals surface area contributed by atoms with Crippen molar-refractivity contribution in [2.45, 2.75) is 40.2 Å². The number of nitrogens with one attached hydrogen (secondary N) is 1. The van der Waals surface area contributed by atoms with Crippen LogP contribution in [0.2, 0.25) is 0 Å². The van der Waals surface area contributed by atoms with Gasteiger partial charge in [0.15, 0.2) is 0 Å². The van der Waals surface area contributed by atoms with E-state index in [0.717, 1.165) is 5.57 Å². The Hall–Kier alpha value is -2.38. The lowest BCUT2D eigenvalue weighted by atomic mass is 9.76. The molecule has 0 unspecified atom stereocenters.